The molecule has 0 spiro atoms. The van der Waals surface area contributed by atoms with Gasteiger partial charge in [0.2, 0.25) is 0 Å². The molecule has 0 aliphatic rings. The van der Waals surface area contributed by atoms with E-state index in [9.17, 15) is 14.7 Å². The average Bonchev–Trinajstić information content (AvgIpc) is 3.15. The van der Waals surface area contributed by atoms with E-state index in [-0.39, 0.29) is 11.7 Å². The molecule has 0 radical (unpaired) electrons. The topological polar surface area (TPSA) is 100 Å². The zero-order valence-electron chi connectivity index (χ0n) is 17.6. The van der Waals surface area contributed by atoms with Crippen molar-refractivity contribution in [1.82, 2.24) is 5.43 Å². The summed E-state index contributed by atoms with van der Waals surface area (Å²) in [7, 11) is 1.45. The van der Waals surface area contributed by atoms with Crippen molar-refractivity contribution in [2.45, 2.75) is 0 Å². The minimum atomic E-state index is -0.434. The van der Waals surface area contributed by atoms with Crippen molar-refractivity contribution in [3.63, 3.8) is 0 Å². The van der Waals surface area contributed by atoms with E-state index in [0.29, 0.717) is 37.5 Å². The van der Waals surface area contributed by atoms with Crippen molar-refractivity contribution in [3.05, 3.63) is 86.7 Å². The van der Waals surface area contributed by atoms with Crippen molar-refractivity contribution in [3.8, 4) is 11.5 Å². The Bertz CT molecular complexity index is 1420. The number of rotatable bonds is 6. The first kappa shape index (κ1) is 23.6. The van der Waals surface area contributed by atoms with Gasteiger partial charge in [-0.15, -0.1) is 11.3 Å². The predicted molar refractivity (Wildman–Crippen MR) is 136 cm³/mol. The minimum absolute atomic E-state index is 0.0313. The largest absolute Gasteiger partial charge is 0.504 e. The van der Waals surface area contributed by atoms with Gasteiger partial charge in [-0.25, -0.2) is 5.43 Å². The molecule has 4 rings (SSSR count). The quantitative estimate of drug-likeness (QED) is 0.219. The van der Waals surface area contributed by atoms with E-state index in [4.69, 9.17) is 27.9 Å². The Morgan fingerprint density at radius 3 is 2.50 bits per heavy atom. The van der Waals surface area contributed by atoms with E-state index < -0.39 is 5.91 Å². The number of ether oxygens (including phenoxy) is 1. The number of hydrazone groups is 1. The number of methoxy groups -OCH3 is 1. The zero-order valence-corrected chi connectivity index (χ0v) is 20.0. The van der Waals surface area contributed by atoms with Gasteiger partial charge < -0.3 is 15.2 Å². The molecule has 10 heteroatoms. The molecule has 0 aliphatic carbocycles. The number of nitrogens with one attached hydrogen (secondary N) is 2. The van der Waals surface area contributed by atoms with Crippen molar-refractivity contribution in [1.29, 1.82) is 0 Å². The van der Waals surface area contributed by atoms with Gasteiger partial charge in [-0.1, -0.05) is 29.3 Å². The number of phenolic OH excluding ortho intramolecular Hbond substituents is 1. The summed E-state index contributed by atoms with van der Waals surface area (Å²) >= 11 is 13.6. The van der Waals surface area contributed by atoms with Crippen molar-refractivity contribution in [2.24, 2.45) is 5.10 Å². The number of benzene rings is 3. The van der Waals surface area contributed by atoms with Crippen LogP contribution in [0, 0.1) is 0 Å². The zero-order chi connectivity index (χ0) is 24.2. The molecule has 0 saturated heterocycles. The van der Waals surface area contributed by atoms with Gasteiger partial charge in [-0.3, -0.25) is 9.59 Å². The number of aromatic hydroxyl groups is 1. The highest BCUT2D eigenvalue weighted by Gasteiger charge is 2.17. The SMILES string of the molecule is COc1ccc(/C=N\NC(=O)c2ccc(NC(=O)c3sc4cc(Cl)ccc4c3Cl)cc2)cc1O. The Balaban J connectivity index is 1.39. The van der Waals surface area contributed by atoms with Crippen LogP contribution in [0.3, 0.4) is 0 Å². The van der Waals surface area contributed by atoms with Crippen LogP contribution in [0.5, 0.6) is 11.5 Å². The molecule has 7 nitrogen and oxygen atoms in total. The standard InChI is InChI=1S/C24H17Cl2N3O4S/c1-33-19-9-2-13(10-18(19)30)12-27-29-23(31)14-3-6-16(7-4-14)28-24(32)22-21(26)17-8-5-15(25)11-20(17)34-22/h2-12,30H,1H3,(H,28,32)(H,29,31)/b27-12-. The number of anilines is 1. The molecule has 34 heavy (non-hydrogen) atoms. The third-order valence-corrected chi connectivity index (χ3v) is 6.68. The Morgan fingerprint density at radius 2 is 1.79 bits per heavy atom. The predicted octanol–water partition coefficient (Wildman–Crippen LogP) is 5.94. The Labute approximate surface area is 208 Å². The van der Waals surface area contributed by atoms with Gasteiger partial charge in [0.15, 0.2) is 11.5 Å². The maximum absolute atomic E-state index is 12.7. The summed E-state index contributed by atoms with van der Waals surface area (Å²) in [6, 6.07) is 16.3. The first-order chi connectivity index (χ1) is 16.4. The van der Waals surface area contributed by atoms with Gasteiger partial charge in [0.05, 0.1) is 18.3 Å². The van der Waals surface area contributed by atoms with Crippen molar-refractivity contribution in [2.75, 3.05) is 12.4 Å². The lowest BCUT2D eigenvalue weighted by Crippen LogP contribution is -2.17. The average molecular weight is 514 g/mol. The highest BCUT2D eigenvalue weighted by Crippen LogP contribution is 2.37. The van der Waals surface area contributed by atoms with E-state index in [1.807, 2.05) is 0 Å². The fourth-order valence-electron chi connectivity index (χ4n) is 3.10. The van der Waals surface area contributed by atoms with Crippen LogP contribution in [0.15, 0.2) is 65.8 Å². The lowest BCUT2D eigenvalue weighted by atomic mass is 10.2. The molecule has 0 atom stereocenters. The van der Waals surface area contributed by atoms with Gasteiger partial charge in [-0.05, 0) is 60.2 Å². The van der Waals surface area contributed by atoms with Crippen LogP contribution >= 0.6 is 34.5 Å². The maximum atomic E-state index is 12.7. The number of carbonyl (C=O) groups excluding carboxylic acids is 2. The molecular formula is C24H17Cl2N3O4S. The van der Waals surface area contributed by atoms with Crippen molar-refractivity contribution < 1.29 is 19.4 Å². The highest BCUT2D eigenvalue weighted by atomic mass is 35.5. The molecule has 3 N–H and O–H groups in total. The number of thiophene rings is 1. The molecular weight excluding hydrogens is 497 g/mol. The number of nitrogens with zero attached hydrogens (tertiary/aromatic N) is 1. The number of phenols is 1. The molecule has 0 fully saturated rings. The molecule has 0 saturated carbocycles. The molecule has 172 valence electrons. The van der Waals surface area contributed by atoms with Gasteiger partial charge in [0, 0.05) is 26.4 Å². The van der Waals surface area contributed by atoms with Gasteiger partial charge in [0.1, 0.15) is 4.88 Å². The summed E-state index contributed by atoms with van der Waals surface area (Å²) < 4.78 is 5.80. The third kappa shape index (κ3) is 5.14. The third-order valence-electron chi connectivity index (χ3n) is 4.79. The van der Waals surface area contributed by atoms with Crippen LogP contribution < -0.4 is 15.5 Å². The first-order valence-corrected chi connectivity index (χ1v) is 11.4. The van der Waals surface area contributed by atoms with Crippen LogP contribution in [-0.2, 0) is 0 Å². The van der Waals surface area contributed by atoms with Crippen LogP contribution in [0.4, 0.5) is 5.69 Å². The lowest BCUT2D eigenvalue weighted by molar-refractivity contribution is 0.0954. The summed E-state index contributed by atoms with van der Waals surface area (Å²) in [6.45, 7) is 0. The number of fused-ring (bicyclic) bond motifs is 1. The van der Waals surface area contributed by atoms with Crippen molar-refractivity contribution >= 4 is 68.3 Å². The Hall–Kier alpha value is -3.59. The monoisotopic (exact) mass is 513 g/mol. The van der Waals surface area contributed by atoms with Gasteiger partial charge in [0.25, 0.3) is 11.8 Å². The van der Waals surface area contributed by atoms with Crippen LogP contribution in [0.25, 0.3) is 10.1 Å². The normalized spacial score (nSPS) is 11.0. The molecule has 1 heterocycles. The molecule has 0 bridgehead atoms. The summed E-state index contributed by atoms with van der Waals surface area (Å²) in [5.41, 5.74) is 3.85. The Morgan fingerprint density at radius 1 is 1.03 bits per heavy atom. The fraction of sp³-hybridized carbons (Fsp3) is 0.0417. The van der Waals surface area contributed by atoms with E-state index in [2.05, 4.69) is 15.8 Å². The van der Waals surface area contributed by atoms with E-state index >= 15 is 0 Å². The first-order valence-electron chi connectivity index (χ1n) is 9.85. The molecule has 1 aromatic heterocycles. The van der Waals surface area contributed by atoms with Crippen LogP contribution in [0.1, 0.15) is 25.6 Å². The minimum Gasteiger partial charge on any atom is -0.504 e. The summed E-state index contributed by atoms with van der Waals surface area (Å²) in [4.78, 5) is 25.4. The maximum Gasteiger partial charge on any atom is 0.271 e. The van der Waals surface area contributed by atoms with E-state index in [1.54, 1.807) is 54.6 Å². The number of halogens is 2. The number of carbonyl (C=O) groups is 2. The molecule has 0 unspecified atom stereocenters. The molecule has 4 aromatic rings. The molecule has 0 aliphatic heterocycles. The van der Waals surface area contributed by atoms with Gasteiger partial charge >= 0.3 is 0 Å². The van der Waals surface area contributed by atoms with Gasteiger partial charge in [-0.2, -0.15) is 5.10 Å². The van der Waals surface area contributed by atoms with E-state index in [0.717, 1.165) is 10.1 Å². The second-order valence-electron chi connectivity index (χ2n) is 7.05. The van der Waals surface area contributed by atoms with E-state index in [1.165, 1.54) is 30.7 Å². The van der Waals surface area contributed by atoms with Crippen LogP contribution in [0.2, 0.25) is 10.0 Å². The second kappa shape index (κ2) is 10.1. The Kier molecular flexibility index (Phi) is 7.02. The molecule has 2 amide bonds. The highest BCUT2D eigenvalue weighted by molar-refractivity contribution is 7.21. The molecule has 3 aromatic carbocycles. The summed E-state index contributed by atoms with van der Waals surface area (Å²) in [5, 5.41) is 18.2. The lowest BCUT2D eigenvalue weighted by Gasteiger charge is -2.06. The van der Waals surface area contributed by atoms with Crippen LogP contribution in [-0.4, -0.2) is 30.2 Å². The number of hydrogen-bond donors (Lipinski definition) is 3. The fourth-order valence-corrected chi connectivity index (χ4v) is 4.78. The summed E-state index contributed by atoms with van der Waals surface area (Å²) in [6.07, 6.45) is 1.40. The number of amides is 2. The second-order valence-corrected chi connectivity index (χ2v) is 8.91. The number of hydrogen-bond acceptors (Lipinski definition) is 6. The smallest absolute Gasteiger partial charge is 0.271 e. The summed E-state index contributed by atoms with van der Waals surface area (Å²) in [5.74, 6) is -0.480.